The number of allylic oxidation sites excluding steroid dienone is 8. The van der Waals surface area contributed by atoms with Crippen molar-refractivity contribution in [1.29, 1.82) is 0 Å². The Balaban J connectivity index is 3.98. The molecule has 0 spiro atoms. The lowest BCUT2D eigenvalue weighted by Gasteiger charge is -2.18. The first-order valence-corrected chi connectivity index (χ1v) is 34.6. The van der Waals surface area contributed by atoms with E-state index in [1.165, 1.54) is 250 Å². The zero-order chi connectivity index (χ0) is 56.4. The van der Waals surface area contributed by atoms with Crippen molar-refractivity contribution in [3.63, 3.8) is 0 Å². The number of carbonyl (C=O) groups excluding carboxylic acids is 3. The lowest BCUT2D eigenvalue weighted by atomic mass is 10.0. The van der Waals surface area contributed by atoms with Crippen LogP contribution in [0.5, 0.6) is 0 Å². The average molecular weight is 1090 g/mol. The van der Waals surface area contributed by atoms with Crippen LogP contribution >= 0.6 is 0 Å². The maximum atomic E-state index is 12.9. The van der Waals surface area contributed by atoms with Crippen molar-refractivity contribution in [3.05, 3.63) is 48.6 Å². The molecule has 1 unspecified atom stereocenters. The van der Waals surface area contributed by atoms with Gasteiger partial charge in [-0.15, -0.1) is 0 Å². The predicted molar refractivity (Wildman–Crippen MR) is 339 cm³/mol. The third-order valence-corrected chi connectivity index (χ3v) is 15.6. The SMILES string of the molecule is CC/C=C\C/C=C\C/C=C\C/C=C\CCCCCCCCCCCCCCCCCCC(=O)OCC(COC(=O)CCCCCCCC)OC(=O)CCCCCCCCCCCCCCCCCCCCCCCCCCC. The van der Waals surface area contributed by atoms with Crippen molar-refractivity contribution in [2.75, 3.05) is 13.2 Å². The highest BCUT2D eigenvalue weighted by molar-refractivity contribution is 5.71. The van der Waals surface area contributed by atoms with E-state index in [1.54, 1.807) is 0 Å². The van der Waals surface area contributed by atoms with E-state index in [2.05, 4.69) is 69.4 Å². The summed E-state index contributed by atoms with van der Waals surface area (Å²) in [7, 11) is 0. The average Bonchev–Trinajstić information content (AvgIpc) is 3.44. The van der Waals surface area contributed by atoms with Crippen molar-refractivity contribution in [3.8, 4) is 0 Å². The molecule has 6 heteroatoms. The van der Waals surface area contributed by atoms with Gasteiger partial charge in [0, 0.05) is 19.3 Å². The topological polar surface area (TPSA) is 78.9 Å². The molecule has 78 heavy (non-hydrogen) atoms. The van der Waals surface area contributed by atoms with Crippen LogP contribution in [-0.4, -0.2) is 37.2 Å². The fourth-order valence-corrected chi connectivity index (χ4v) is 10.4. The summed E-state index contributed by atoms with van der Waals surface area (Å²) >= 11 is 0. The minimum absolute atomic E-state index is 0.0674. The Bertz CT molecular complexity index is 1350. The van der Waals surface area contributed by atoms with E-state index in [9.17, 15) is 14.4 Å². The lowest BCUT2D eigenvalue weighted by molar-refractivity contribution is -0.167. The van der Waals surface area contributed by atoms with Gasteiger partial charge in [-0.05, 0) is 57.8 Å². The summed E-state index contributed by atoms with van der Waals surface area (Å²) < 4.78 is 16.9. The number of rotatable bonds is 64. The van der Waals surface area contributed by atoms with Crippen LogP contribution in [0.1, 0.15) is 374 Å². The van der Waals surface area contributed by atoms with Gasteiger partial charge in [0.2, 0.25) is 0 Å². The Hall–Kier alpha value is -2.63. The maximum Gasteiger partial charge on any atom is 0.306 e. The van der Waals surface area contributed by atoms with Crippen LogP contribution in [0.3, 0.4) is 0 Å². The maximum absolute atomic E-state index is 12.9. The Morgan fingerprint density at radius 2 is 0.500 bits per heavy atom. The first-order chi connectivity index (χ1) is 38.5. The lowest BCUT2D eigenvalue weighted by Crippen LogP contribution is -2.30. The second-order valence-electron chi connectivity index (χ2n) is 23.4. The fraction of sp³-hybridized carbons (Fsp3) is 0.847. The Kier molecular flexibility index (Phi) is 64.6. The summed E-state index contributed by atoms with van der Waals surface area (Å²) in [6, 6.07) is 0. The standard InChI is InChI=1S/C72H132O6/c1-4-7-10-13-16-18-20-22-24-26-28-30-32-34-35-36-37-39-40-42-44-46-48-50-52-54-56-59-62-65-71(74)77-68-69(67-76-70(73)64-61-58-15-12-9-6-3)78-72(75)66-63-60-57-55-53-51-49-47-45-43-41-38-33-31-29-27-25-23-21-19-17-14-11-8-5-2/h7,10,16,18,22,24,28,30,69H,4-6,8-9,11-15,17,19-21,23,25-27,29,31-68H2,1-3H3/b10-7-,18-16-,24-22-,30-28-. The molecule has 0 aromatic heterocycles. The van der Waals surface area contributed by atoms with Gasteiger partial charge in [-0.1, -0.05) is 345 Å². The molecule has 456 valence electrons. The van der Waals surface area contributed by atoms with Crippen molar-refractivity contribution >= 4 is 17.9 Å². The van der Waals surface area contributed by atoms with Gasteiger partial charge < -0.3 is 14.2 Å². The Labute approximate surface area is 486 Å². The number of carbonyl (C=O) groups is 3. The van der Waals surface area contributed by atoms with Crippen molar-refractivity contribution in [2.45, 2.75) is 380 Å². The van der Waals surface area contributed by atoms with E-state index < -0.39 is 6.10 Å². The molecule has 0 saturated carbocycles. The smallest absolute Gasteiger partial charge is 0.306 e. The van der Waals surface area contributed by atoms with Crippen LogP contribution in [0, 0.1) is 0 Å². The van der Waals surface area contributed by atoms with Crippen molar-refractivity contribution in [2.24, 2.45) is 0 Å². The quantitative estimate of drug-likeness (QED) is 0.0261. The van der Waals surface area contributed by atoms with Gasteiger partial charge in [-0.2, -0.15) is 0 Å². The summed E-state index contributed by atoms with van der Waals surface area (Å²) in [5.74, 6) is -0.852. The molecule has 0 fully saturated rings. The van der Waals surface area contributed by atoms with Crippen LogP contribution in [-0.2, 0) is 28.6 Å². The highest BCUT2D eigenvalue weighted by atomic mass is 16.6. The van der Waals surface area contributed by atoms with Crippen molar-refractivity contribution < 1.29 is 28.6 Å². The number of unbranched alkanes of at least 4 members (excludes halogenated alkanes) is 45. The number of ether oxygens (including phenoxy) is 3. The molecule has 0 rings (SSSR count). The molecule has 0 aliphatic heterocycles. The van der Waals surface area contributed by atoms with E-state index >= 15 is 0 Å². The van der Waals surface area contributed by atoms with E-state index in [0.717, 1.165) is 83.5 Å². The number of hydrogen-bond donors (Lipinski definition) is 0. The second-order valence-corrected chi connectivity index (χ2v) is 23.4. The second kappa shape index (κ2) is 66.9. The molecular formula is C72H132O6. The van der Waals surface area contributed by atoms with Gasteiger partial charge in [0.15, 0.2) is 6.10 Å². The van der Waals surface area contributed by atoms with Gasteiger partial charge in [0.25, 0.3) is 0 Å². The molecule has 0 N–H and O–H groups in total. The molecule has 0 amide bonds. The van der Waals surface area contributed by atoms with Crippen LogP contribution < -0.4 is 0 Å². The van der Waals surface area contributed by atoms with E-state index in [1.807, 2.05) is 0 Å². The van der Waals surface area contributed by atoms with Gasteiger partial charge in [0.05, 0.1) is 0 Å². The normalized spacial score (nSPS) is 12.3. The Morgan fingerprint density at radius 3 is 0.782 bits per heavy atom. The van der Waals surface area contributed by atoms with Crippen LogP contribution in [0.2, 0.25) is 0 Å². The summed E-state index contributed by atoms with van der Waals surface area (Å²) in [6.45, 7) is 6.53. The molecule has 0 aliphatic rings. The molecular weight excluding hydrogens is 961 g/mol. The summed E-state index contributed by atoms with van der Waals surface area (Å²) in [4.78, 5) is 38.1. The van der Waals surface area contributed by atoms with Gasteiger partial charge >= 0.3 is 17.9 Å². The first-order valence-electron chi connectivity index (χ1n) is 34.6. The minimum Gasteiger partial charge on any atom is -0.462 e. The summed E-state index contributed by atoms with van der Waals surface area (Å²) in [6.07, 6.45) is 84.7. The molecule has 1 atom stereocenters. The third-order valence-electron chi connectivity index (χ3n) is 15.6. The molecule has 0 aromatic carbocycles. The van der Waals surface area contributed by atoms with Gasteiger partial charge in [-0.25, -0.2) is 0 Å². The third kappa shape index (κ3) is 64.2. The summed E-state index contributed by atoms with van der Waals surface area (Å²) in [5, 5.41) is 0. The molecule has 0 saturated heterocycles. The van der Waals surface area contributed by atoms with E-state index in [0.29, 0.717) is 19.3 Å². The summed E-state index contributed by atoms with van der Waals surface area (Å²) in [5.41, 5.74) is 0. The van der Waals surface area contributed by atoms with E-state index in [4.69, 9.17) is 14.2 Å². The predicted octanol–water partition coefficient (Wildman–Crippen LogP) is 23.7. The zero-order valence-corrected chi connectivity index (χ0v) is 52.5. The highest BCUT2D eigenvalue weighted by Gasteiger charge is 2.19. The largest absolute Gasteiger partial charge is 0.462 e. The first kappa shape index (κ1) is 75.4. The van der Waals surface area contributed by atoms with Crippen LogP contribution in [0.25, 0.3) is 0 Å². The van der Waals surface area contributed by atoms with Gasteiger partial charge in [0.1, 0.15) is 13.2 Å². The molecule has 0 radical (unpaired) electrons. The zero-order valence-electron chi connectivity index (χ0n) is 52.5. The monoisotopic (exact) mass is 1090 g/mol. The molecule has 0 heterocycles. The van der Waals surface area contributed by atoms with Crippen LogP contribution in [0.4, 0.5) is 0 Å². The Morgan fingerprint density at radius 1 is 0.269 bits per heavy atom. The number of esters is 3. The molecule has 0 bridgehead atoms. The highest BCUT2D eigenvalue weighted by Crippen LogP contribution is 2.19. The van der Waals surface area contributed by atoms with E-state index in [-0.39, 0.29) is 31.1 Å². The van der Waals surface area contributed by atoms with Crippen molar-refractivity contribution in [1.82, 2.24) is 0 Å². The van der Waals surface area contributed by atoms with Gasteiger partial charge in [-0.3, -0.25) is 14.4 Å². The minimum atomic E-state index is -0.767. The van der Waals surface area contributed by atoms with Crippen LogP contribution in [0.15, 0.2) is 48.6 Å². The number of hydrogen-bond acceptors (Lipinski definition) is 6. The fourth-order valence-electron chi connectivity index (χ4n) is 10.4. The molecule has 6 nitrogen and oxygen atoms in total. The molecule has 0 aromatic rings. The molecule has 0 aliphatic carbocycles.